The molecule has 1 rings (SSSR count). The molecule has 0 unspecified atom stereocenters. The van der Waals surface area contributed by atoms with Gasteiger partial charge in [0.05, 0.1) is 6.54 Å². The Morgan fingerprint density at radius 1 is 1.64 bits per heavy atom. The highest BCUT2D eigenvalue weighted by Crippen LogP contribution is 2.26. The fourth-order valence-corrected chi connectivity index (χ4v) is 0.848. The van der Waals surface area contributed by atoms with Gasteiger partial charge < -0.3 is 10.6 Å². The van der Waals surface area contributed by atoms with Gasteiger partial charge in [-0.1, -0.05) is 12.2 Å². The standard InChI is InChI=1S/C9H16N2/c1-3-11-8(2)6-10-7-9-4-5-9/h7,10-11H,2-6H2,1H3. The van der Waals surface area contributed by atoms with E-state index in [1.54, 1.807) is 0 Å². The summed E-state index contributed by atoms with van der Waals surface area (Å²) in [5.74, 6) is 0. The van der Waals surface area contributed by atoms with E-state index in [1.165, 1.54) is 18.4 Å². The number of rotatable bonds is 5. The normalized spacial score (nSPS) is 14.1. The Kier molecular flexibility index (Phi) is 3.02. The van der Waals surface area contributed by atoms with Gasteiger partial charge in [0.1, 0.15) is 0 Å². The van der Waals surface area contributed by atoms with E-state index in [2.05, 4.69) is 30.3 Å². The van der Waals surface area contributed by atoms with Gasteiger partial charge in [-0.3, -0.25) is 0 Å². The van der Waals surface area contributed by atoms with E-state index < -0.39 is 0 Å². The zero-order chi connectivity index (χ0) is 8.10. The SMILES string of the molecule is C=C(CNC=C1CC1)NCC. The first-order chi connectivity index (χ1) is 5.33. The third kappa shape index (κ3) is 3.71. The van der Waals surface area contributed by atoms with E-state index in [9.17, 15) is 0 Å². The molecule has 62 valence electrons. The van der Waals surface area contributed by atoms with Crippen LogP contribution < -0.4 is 10.6 Å². The van der Waals surface area contributed by atoms with Gasteiger partial charge in [0, 0.05) is 12.2 Å². The Morgan fingerprint density at radius 3 is 2.91 bits per heavy atom. The smallest absolute Gasteiger partial charge is 0.0536 e. The molecule has 0 atom stereocenters. The lowest BCUT2D eigenvalue weighted by Crippen LogP contribution is -2.20. The first-order valence-electron chi connectivity index (χ1n) is 4.16. The van der Waals surface area contributed by atoms with Gasteiger partial charge in [0.2, 0.25) is 0 Å². The van der Waals surface area contributed by atoms with Crippen LogP contribution in [0.4, 0.5) is 0 Å². The molecule has 11 heavy (non-hydrogen) atoms. The van der Waals surface area contributed by atoms with Crippen LogP contribution in [0.25, 0.3) is 0 Å². The van der Waals surface area contributed by atoms with Crippen LogP contribution in [-0.4, -0.2) is 13.1 Å². The number of likely N-dealkylation sites (N-methyl/N-ethyl adjacent to an activating group) is 1. The van der Waals surface area contributed by atoms with Crippen LogP contribution in [0.5, 0.6) is 0 Å². The number of hydrogen-bond acceptors (Lipinski definition) is 2. The molecule has 2 N–H and O–H groups in total. The molecule has 0 aliphatic heterocycles. The predicted molar refractivity (Wildman–Crippen MR) is 48.1 cm³/mol. The van der Waals surface area contributed by atoms with E-state index in [0.717, 1.165) is 18.8 Å². The maximum Gasteiger partial charge on any atom is 0.0536 e. The number of hydrogen-bond donors (Lipinski definition) is 2. The van der Waals surface area contributed by atoms with Crippen LogP contribution in [0.15, 0.2) is 24.0 Å². The van der Waals surface area contributed by atoms with Crippen molar-refractivity contribution in [2.75, 3.05) is 13.1 Å². The van der Waals surface area contributed by atoms with Crippen LogP contribution in [-0.2, 0) is 0 Å². The molecule has 0 bridgehead atoms. The Balaban J connectivity index is 2.01. The van der Waals surface area contributed by atoms with E-state index in [1.807, 2.05) is 0 Å². The van der Waals surface area contributed by atoms with Crippen LogP contribution in [0, 0.1) is 0 Å². The second-order valence-corrected chi connectivity index (χ2v) is 2.82. The highest BCUT2D eigenvalue weighted by atomic mass is 14.9. The highest BCUT2D eigenvalue weighted by Gasteiger charge is 2.09. The van der Waals surface area contributed by atoms with Crippen molar-refractivity contribution in [2.45, 2.75) is 19.8 Å². The lowest BCUT2D eigenvalue weighted by atomic mass is 10.4. The lowest BCUT2D eigenvalue weighted by Gasteiger charge is -2.05. The van der Waals surface area contributed by atoms with Crippen molar-refractivity contribution in [1.29, 1.82) is 0 Å². The molecular formula is C9H16N2. The topological polar surface area (TPSA) is 24.1 Å². The summed E-state index contributed by atoms with van der Waals surface area (Å²) in [4.78, 5) is 0. The number of nitrogens with one attached hydrogen (secondary N) is 2. The second kappa shape index (κ2) is 4.06. The molecule has 1 fully saturated rings. The van der Waals surface area contributed by atoms with Gasteiger partial charge in [-0.2, -0.15) is 0 Å². The van der Waals surface area contributed by atoms with E-state index >= 15 is 0 Å². The van der Waals surface area contributed by atoms with Gasteiger partial charge in [-0.15, -0.1) is 0 Å². The third-order valence-corrected chi connectivity index (χ3v) is 1.59. The maximum atomic E-state index is 3.86. The molecule has 2 heteroatoms. The van der Waals surface area contributed by atoms with Crippen molar-refractivity contribution in [1.82, 2.24) is 10.6 Å². The zero-order valence-corrected chi connectivity index (χ0v) is 7.11. The largest absolute Gasteiger partial charge is 0.388 e. The predicted octanol–water partition coefficient (Wildman–Crippen LogP) is 1.38. The van der Waals surface area contributed by atoms with Crippen LogP contribution in [0.1, 0.15) is 19.8 Å². The summed E-state index contributed by atoms with van der Waals surface area (Å²) in [5, 5.41) is 6.36. The number of allylic oxidation sites excluding steroid dienone is 1. The molecule has 1 aliphatic carbocycles. The summed E-state index contributed by atoms with van der Waals surface area (Å²) in [5.41, 5.74) is 2.58. The minimum absolute atomic E-state index is 0.845. The Morgan fingerprint density at radius 2 is 2.36 bits per heavy atom. The van der Waals surface area contributed by atoms with Crippen molar-refractivity contribution in [2.24, 2.45) is 0 Å². The summed E-state index contributed by atoms with van der Waals surface area (Å²) < 4.78 is 0. The van der Waals surface area contributed by atoms with Crippen molar-refractivity contribution in [3.8, 4) is 0 Å². The molecule has 0 aromatic heterocycles. The molecule has 0 radical (unpaired) electrons. The minimum atomic E-state index is 0.845. The van der Waals surface area contributed by atoms with Gasteiger partial charge >= 0.3 is 0 Å². The molecule has 1 aliphatic rings. The first kappa shape index (κ1) is 8.18. The van der Waals surface area contributed by atoms with Crippen molar-refractivity contribution >= 4 is 0 Å². The molecule has 0 spiro atoms. The monoisotopic (exact) mass is 152 g/mol. The quantitative estimate of drug-likeness (QED) is 0.622. The minimum Gasteiger partial charge on any atom is -0.388 e. The van der Waals surface area contributed by atoms with Crippen molar-refractivity contribution in [3.63, 3.8) is 0 Å². The van der Waals surface area contributed by atoms with Gasteiger partial charge in [-0.05, 0) is 26.0 Å². The molecule has 0 aromatic carbocycles. The van der Waals surface area contributed by atoms with Crippen LogP contribution in [0.3, 0.4) is 0 Å². The van der Waals surface area contributed by atoms with E-state index in [0.29, 0.717) is 0 Å². The fraction of sp³-hybridized carbons (Fsp3) is 0.556. The summed E-state index contributed by atoms with van der Waals surface area (Å²) >= 11 is 0. The summed E-state index contributed by atoms with van der Waals surface area (Å²) in [6.45, 7) is 7.73. The molecule has 0 heterocycles. The van der Waals surface area contributed by atoms with Gasteiger partial charge in [-0.25, -0.2) is 0 Å². The highest BCUT2D eigenvalue weighted by molar-refractivity contribution is 5.15. The lowest BCUT2D eigenvalue weighted by molar-refractivity contribution is 0.785. The Hall–Kier alpha value is -0.920. The summed E-state index contributed by atoms with van der Waals surface area (Å²) in [7, 11) is 0. The zero-order valence-electron chi connectivity index (χ0n) is 7.11. The molecular weight excluding hydrogens is 136 g/mol. The van der Waals surface area contributed by atoms with Gasteiger partial charge in [0.25, 0.3) is 0 Å². The molecule has 0 amide bonds. The summed E-state index contributed by atoms with van der Waals surface area (Å²) in [6.07, 6.45) is 4.66. The van der Waals surface area contributed by atoms with Crippen LogP contribution >= 0.6 is 0 Å². The second-order valence-electron chi connectivity index (χ2n) is 2.82. The average molecular weight is 152 g/mol. The first-order valence-corrected chi connectivity index (χ1v) is 4.16. The Labute approximate surface area is 68.4 Å². The van der Waals surface area contributed by atoms with E-state index in [-0.39, 0.29) is 0 Å². The molecule has 0 aromatic rings. The average Bonchev–Trinajstić information content (AvgIpc) is 2.72. The molecule has 1 saturated carbocycles. The van der Waals surface area contributed by atoms with Crippen LogP contribution in [0.2, 0.25) is 0 Å². The van der Waals surface area contributed by atoms with Crippen molar-refractivity contribution in [3.05, 3.63) is 24.0 Å². The fourth-order valence-electron chi connectivity index (χ4n) is 0.848. The third-order valence-electron chi connectivity index (χ3n) is 1.59. The molecule has 2 nitrogen and oxygen atoms in total. The summed E-state index contributed by atoms with van der Waals surface area (Å²) in [6, 6.07) is 0. The van der Waals surface area contributed by atoms with Gasteiger partial charge in [0.15, 0.2) is 0 Å². The van der Waals surface area contributed by atoms with Crippen molar-refractivity contribution < 1.29 is 0 Å². The maximum absolute atomic E-state index is 3.86. The molecule has 0 saturated heterocycles. The van der Waals surface area contributed by atoms with E-state index in [4.69, 9.17) is 0 Å². The Bertz CT molecular complexity index is 164.